The Morgan fingerprint density at radius 1 is 1.28 bits per heavy atom. The molecular formula is C17H18N2O5S. The van der Waals surface area contributed by atoms with Crippen LogP contribution in [0.3, 0.4) is 0 Å². The Balaban J connectivity index is 1.74. The van der Waals surface area contributed by atoms with Crippen LogP contribution < -0.4 is 14.8 Å². The number of carboxylic acids is 1. The standard InChI is InChI=1S/C17H18N2O5S/c1-9-14(17(21)22)25-16(19-9)10(2)18-15(20)11-4-5-12-13(8-11)24-7-3-6-23-12/h4-5,8,10H,3,6-7H2,1-2H3,(H,18,20)(H,21,22). The second kappa shape index (κ2) is 7.10. The zero-order valence-electron chi connectivity index (χ0n) is 13.9. The number of carbonyl (C=O) groups excluding carboxylic acids is 1. The second-order valence-corrected chi connectivity index (χ2v) is 6.71. The summed E-state index contributed by atoms with van der Waals surface area (Å²) in [4.78, 5) is 28.0. The molecule has 2 aromatic rings. The van der Waals surface area contributed by atoms with E-state index < -0.39 is 12.0 Å². The predicted molar refractivity (Wildman–Crippen MR) is 91.7 cm³/mol. The Bertz CT molecular complexity index is 817. The van der Waals surface area contributed by atoms with Gasteiger partial charge in [-0.05, 0) is 32.0 Å². The molecule has 0 aliphatic carbocycles. The van der Waals surface area contributed by atoms with Crippen LogP contribution in [-0.4, -0.2) is 35.2 Å². The van der Waals surface area contributed by atoms with Crippen LogP contribution >= 0.6 is 11.3 Å². The SMILES string of the molecule is Cc1nc(C(C)NC(=O)c2ccc3c(c2)OCCCO3)sc1C(=O)O. The van der Waals surface area contributed by atoms with Gasteiger partial charge in [-0.25, -0.2) is 9.78 Å². The van der Waals surface area contributed by atoms with E-state index in [1.165, 1.54) is 0 Å². The van der Waals surface area contributed by atoms with Gasteiger partial charge in [0.2, 0.25) is 0 Å². The van der Waals surface area contributed by atoms with Crippen molar-refractivity contribution < 1.29 is 24.2 Å². The molecule has 132 valence electrons. The van der Waals surface area contributed by atoms with Crippen molar-refractivity contribution in [3.63, 3.8) is 0 Å². The summed E-state index contributed by atoms with van der Waals surface area (Å²) in [6.45, 7) is 4.54. The van der Waals surface area contributed by atoms with Crippen molar-refractivity contribution >= 4 is 23.2 Å². The minimum Gasteiger partial charge on any atom is -0.490 e. The first-order chi connectivity index (χ1) is 12.0. The van der Waals surface area contributed by atoms with Crippen LogP contribution in [0.5, 0.6) is 11.5 Å². The highest BCUT2D eigenvalue weighted by molar-refractivity contribution is 7.13. The summed E-state index contributed by atoms with van der Waals surface area (Å²) in [7, 11) is 0. The second-order valence-electron chi connectivity index (χ2n) is 5.68. The van der Waals surface area contributed by atoms with Gasteiger partial charge in [-0.15, -0.1) is 11.3 Å². The lowest BCUT2D eigenvalue weighted by atomic mass is 10.1. The number of benzene rings is 1. The number of amides is 1. The monoisotopic (exact) mass is 362 g/mol. The number of aromatic nitrogens is 1. The maximum atomic E-state index is 12.5. The average molecular weight is 362 g/mol. The molecule has 1 amide bonds. The summed E-state index contributed by atoms with van der Waals surface area (Å²) in [6, 6.07) is 4.64. The largest absolute Gasteiger partial charge is 0.490 e. The van der Waals surface area contributed by atoms with Crippen LogP contribution in [-0.2, 0) is 0 Å². The van der Waals surface area contributed by atoms with Gasteiger partial charge in [-0.2, -0.15) is 0 Å². The van der Waals surface area contributed by atoms with Crippen molar-refractivity contribution in [1.82, 2.24) is 10.3 Å². The zero-order chi connectivity index (χ0) is 18.0. The van der Waals surface area contributed by atoms with Crippen LogP contribution in [0.2, 0.25) is 0 Å². The maximum Gasteiger partial charge on any atom is 0.347 e. The highest BCUT2D eigenvalue weighted by atomic mass is 32.1. The van der Waals surface area contributed by atoms with Gasteiger partial charge in [-0.3, -0.25) is 4.79 Å². The molecule has 1 aromatic carbocycles. The van der Waals surface area contributed by atoms with Gasteiger partial charge in [0.1, 0.15) is 9.88 Å². The number of carbonyl (C=O) groups is 2. The molecular weight excluding hydrogens is 344 g/mol. The molecule has 0 saturated heterocycles. The Morgan fingerprint density at radius 3 is 2.68 bits per heavy atom. The zero-order valence-corrected chi connectivity index (χ0v) is 14.7. The first-order valence-corrected chi connectivity index (χ1v) is 8.68. The van der Waals surface area contributed by atoms with Crippen LogP contribution in [0.15, 0.2) is 18.2 Å². The highest BCUT2D eigenvalue weighted by Crippen LogP contribution is 2.31. The van der Waals surface area contributed by atoms with Crippen LogP contribution in [0.25, 0.3) is 0 Å². The minimum atomic E-state index is -1.01. The predicted octanol–water partition coefficient (Wildman–Crippen LogP) is 2.80. The number of hydrogen-bond acceptors (Lipinski definition) is 6. The van der Waals surface area contributed by atoms with Gasteiger partial charge < -0.3 is 19.9 Å². The van der Waals surface area contributed by atoms with Crippen molar-refractivity contribution in [2.75, 3.05) is 13.2 Å². The van der Waals surface area contributed by atoms with Crippen molar-refractivity contribution in [1.29, 1.82) is 0 Å². The third kappa shape index (κ3) is 3.74. The summed E-state index contributed by atoms with van der Waals surface area (Å²) >= 11 is 1.07. The molecule has 1 aliphatic rings. The summed E-state index contributed by atoms with van der Waals surface area (Å²) in [6.07, 6.45) is 0.794. The van der Waals surface area contributed by atoms with Gasteiger partial charge in [0.15, 0.2) is 11.5 Å². The molecule has 0 bridgehead atoms. The normalized spacial score (nSPS) is 14.5. The third-order valence-corrected chi connectivity index (χ3v) is 5.06. The summed E-state index contributed by atoms with van der Waals surface area (Å²) < 4.78 is 11.1. The summed E-state index contributed by atoms with van der Waals surface area (Å²) in [5.74, 6) is -0.115. The first kappa shape index (κ1) is 17.2. The molecule has 25 heavy (non-hydrogen) atoms. The Hall–Kier alpha value is -2.61. The Morgan fingerprint density at radius 2 is 2.00 bits per heavy atom. The van der Waals surface area contributed by atoms with E-state index in [1.54, 1.807) is 32.0 Å². The highest BCUT2D eigenvalue weighted by Gasteiger charge is 2.20. The quantitative estimate of drug-likeness (QED) is 0.868. The smallest absolute Gasteiger partial charge is 0.347 e. The van der Waals surface area contributed by atoms with Crippen molar-refractivity contribution in [2.24, 2.45) is 0 Å². The van der Waals surface area contributed by atoms with E-state index in [1.807, 2.05) is 0 Å². The lowest BCUT2D eigenvalue weighted by Gasteiger charge is -2.13. The van der Waals surface area contributed by atoms with Crippen LogP contribution in [0.1, 0.15) is 50.1 Å². The number of aryl methyl sites for hydroxylation is 1. The first-order valence-electron chi connectivity index (χ1n) is 7.87. The van der Waals surface area contributed by atoms with E-state index in [0.29, 0.717) is 41.0 Å². The molecule has 1 unspecified atom stereocenters. The van der Waals surface area contributed by atoms with Crippen LogP contribution in [0.4, 0.5) is 0 Å². The van der Waals surface area contributed by atoms with E-state index in [0.717, 1.165) is 17.8 Å². The molecule has 1 atom stereocenters. The van der Waals surface area contributed by atoms with Gasteiger partial charge in [0.05, 0.1) is 24.9 Å². The Kier molecular flexibility index (Phi) is 4.89. The van der Waals surface area contributed by atoms with Crippen molar-refractivity contribution in [2.45, 2.75) is 26.3 Å². The molecule has 3 rings (SSSR count). The molecule has 7 nitrogen and oxygen atoms in total. The topological polar surface area (TPSA) is 97.8 Å². The van der Waals surface area contributed by atoms with Gasteiger partial charge in [0, 0.05) is 12.0 Å². The minimum absolute atomic E-state index is 0.187. The Labute approximate surface area is 148 Å². The number of fused-ring (bicyclic) bond motifs is 1. The number of rotatable bonds is 4. The molecule has 0 saturated carbocycles. The molecule has 0 spiro atoms. The van der Waals surface area contributed by atoms with Crippen molar-refractivity contribution in [3.05, 3.63) is 39.3 Å². The van der Waals surface area contributed by atoms with Crippen molar-refractivity contribution in [3.8, 4) is 11.5 Å². The van der Waals surface area contributed by atoms with Gasteiger partial charge in [0.25, 0.3) is 5.91 Å². The van der Waals surface area contributed by atoms with E-state index >= 15 is 0 Å². The lowest BCUT2D eigenvalue weighted by molar-refractivity contribution is 0.0701. The summed E-state index contributed by atoms with van der Waals surface area (Å²) in [5.41, 5.74) is 0.895. The summed E-state index contributed by atoms with van der Waals surface area (Å²) in [5, 5.41) is 12.5. The number of aromatic carboxylic acids is 1. The molecule has 2 N–H and O–H groups in total. The number of carboxylic acid groups (broad SMARTS) is 1. The molecule has 2 heterocycles. The third-order valence-electron chi connectivity index (χ3n) is 3.74. The van der Waals surface area contributed by atoms with E-state index in [2.05, 4.69) is 10.3 Å². The van der Waals surface area contributed by atoms with E-state index in [4.69, 9.17) is 14.6 Å². The molecule has 8 heteroatoms. The van der Waals surface area contributed by atoms with Gasteiger partial charge in [-0.1, -0.05) is 0 Å². The van der Waals surface area contributed by atoms with E-state index in [9.17, 15) is 9.59 Å². The molecule has 0 radical (unpaired) electrons. The lowest BCUT2D eigenvalue weighted by Crippen LogP contribution is -2.26. The van der Waals surface area contributed by atoms with Crippen LogP contribution in [0, 0.1) is 6.92 Å². The fourth-order valence-corrected chi connectivity index (χ4v) is 3.36. The molecule has 1 aliphatic heterocycles. The number of ether oxygens (including phenoxy) is 2. The fourth-order valence-electron chi connectivity index (χ4n) is 2.45. The number of hydrogen-bond donors (Lipinski definition) is 2. The maximum absolute atomic E-state index is 12.5. The fraction of sp³-hybridized carbons (Fsp3) is 0.353. The molecule has 1 aromatic heterocycles. The number of nitrogens with one attached hydrogen (secondary N) is 1. The van der Waals surface area contributed by atoms with Gasteiger partial charge >= 0.3 is 5.97 Å². The average Bonchev–Trinajstić information content (AvgIpc) is 2.82. The van der Waals surface area contributed by atoms with E-state index in [-0.39, 0.29) is 10.8 Å². The molecule has 0 fully saturated rings. The number of thiazole rings is 1. The number of nitrogens with zero attached hydrogens (tertiary/aromatic N) is 1.